The molecule has 0 unspecified atom stereocenters. The fourth-order valence-corrected chi connectivity index (χ4v) is 9.06. The van der Waals surface area contributed by atoms with Gasteiger partial charge in [-0.05, 0) is 116 Å². The minimum Gasteiger partial charge on any atom is -0.455 e. The Hall–Kier alpha value is -6.70. The van der Waals surface area contributed by atoms with Crippen LogP contribution < -0.4 is 0 Å². The van der Waals surface area contributed by atoms with Gasteiger partial charge in [-0.1, -0.05) is 146 Å². The molecule has 0 fully saturated rings. The Labute approximate surface area is 292 Å². The minimum absolute atomic E-state index is 0.908. The molecule has 0 spiro atoms. The Morgan fingerprint density at radius 3 is 1.61 bits per heavy atom. The zero-order valence-corrected chi connectivity index (χ0v) is 27.6. The van der Waals surface area contributed by atoms with E-state index in [1.807, 2.05) is 0 Å². The third-order valence-electron chi connectivity index (χ3n) is 11.3. The molecule has 234 valence electrons. The van der Waals surface area contributed by atoms with E-state index in [4.69, 9.17) is 4.42 Å². The molecule has 51 heavy (non-hydrogen) atoms. The molecule has 0 aliphatic carbocycles. The fourth-order valence-electron chi connectivity index (χ4n) is 9.06. The molecule has 1 heterocycles. The second-order valence-electron chi connectivity index (χ2n) is 14.0. The van der Waals surface area contributed by atoms with Crippen molar-refractivity contribution in [2.45, 2.75) is 0 Å². The first-order valence-electron chi connectivity index (χ1n) is 17.7. The van der Waals surface area contributed by atoms with Gasteiger partial charge >= 0.3 is 0 Å². The summed E-state index contributed by atoms with van der Waals surface area (Å²) in [7, 11) is 0. The number of fused-ring (bicyclic) bond motifs is 9. The van der Waals surface area contributed by atoms with Crippen LogP contribution in [0.2, 0.25) is 0 Å². The number of benzene rings is 11. The Balaban J connectivity index is 1.24. The van der Waals surface area contributed by atoms with Gasteiger partial charge in [-0.15, -0.1) is 0 Å². The van der Waals surface area contributed by atoms with Crippen molar-refractivity contribution in [2.24, 2.45) is 0 Å². The maximum Gasteiger partial charge on any atom is 0.143 e. The number of hydrogen-bond donors (Lipinski definition) is 0. The van der Waals surface area contributed by atoms with E-state index in [9.17, 15) is 0 Å². The number of furan rings is 1. The molecule has 1 heteroatoms. The molecule has 0 N–H and O–H groups in total. The lowest BCUT2D eigenvalue weighted by Gasteiger charge is -2.16. The molecule has 0 saturated carbocycles. The lowest BCUT2D eigenvalue weighted by Crippen LogP contribution is -1.90. The molecule has 1 aromatic heterocycles. The predicted molar refractivity (Wildman–Crippen MR) is 218 cm³/mol. The van der Waals surface area contributed by atoms with E-state index in [-0.39, 0.29) is 0 Å². The van der Waals surface area contributed by atoms with E-state index in [2.05, 4.69) is 170 Å². The molecule has 0 amide bonds. The van der Waals surface area contributed by atoms with E-state index in [0.717, 1.165) is 27.5 Å². The summed E-state index contributed by atoms with van der Waals surface area (Å²) in [4.78, 5) is 0. The summed E-state index contributed by atoms with van der Waals surface area (Å²) < 4.78 is 7.07. The fraction of sp³-hybridized carbons (Fsp3) is 0. The van der Waals surface area contributed by atoms with Gasteiger partial charge in [0.25, 0.3) is 0 Å². The predicted octanol–water partition coefficient (Wildman–Crippen LogP) is 14.4. The van der Waals surface area contributed by atoms with Gasteiger partial charge in [0.2, 0.25) is 0 Å². The summed E-state index contributed by atoms with van der Waals surface area (Å²) in [6, 6.07) is 62.6. The SMILES string of the molecule is c1ccc2cc3c(cc2c1)oc1c(-c2ccc4ccc5cccc6ccc2c4c56)ccc(-c2cc4ccccc4c4c2ccc2ccccc24)c13. The summed E-state index contributed by atoms with van der Waals surface area (Å²) in [5.74, 6) is 0. The van der Waals surface area contributed by atoms with Crippen molar-refractivity contribution in [3.8, 4) is 22.3 Å². The second-order valence-corrected chi connectivity index (χ2v) is 14.0. The molecular formula is C50H28O. The maximum atomic E-state index is 7.07. The van der Waals surface area contributed by atoms with Crippen molar-refractivity contribution >= 4 is 97.3 Å². The van der Waals surface area contributed by atoms with Crippen LogP contribution >= 0.6 is 0 Å². The summed E-state index contributed by atoms with van der Waals surface area (Å²) in [5, 5.41) is 20.0. The molecular weight excluding hydrogens is 617 g/mol. The zero-order chi connectivity index (χ0) is 33.2. The third-order valence-corrected chi connectivity index (χ3v) is 11.3. The molecule has 0 atom stereocenters. The van der Waals surface area contributed by atoms with Crippen molar-refractivity contribution in [1.29, 1.82) is 0 Å². The Kier molecular flexibility index (Phi) is 5.29. The molecule has 1 nitrogen and oxygen atoms in total. The summed E-state index contributed by atoms with van der Waals surface area (Å²) in [6.45, 7) is 0. The average molecular weight is 645 g/mol. The van der Waals surface area contributed by atoms with Gasteiger partial charge in [-0.2, -0.15) is 0 Å². The third kappa shape index (κ3) is 3.70. The van der Waals surface area contributed by atoms with E-state index in [1.165, 1.54) is 92.1 Å². The molecule has 0 bridgehead atoms. The van der Waals surface area contributed by atoms with Gasteiger partial charge in [0.05, 0.1) is 0 Å². The monoisotopic (exact) mass is 644 g/mol. The number of rotatable bonds is 2. The van der Waals surface area contributed by atoms with Crippen LogP contribution in [-0.4, -0.2) is 0 Å². The molecule has 12 aromatic rings. The molecule has 0 radical (unpaired) electrons. The van der Waals surface area contributed by atoms with Crippen molar-refractivity contribution in [3.05, 3.63) is 170 Å². The quantitative estimate of drug-likeness (QED) is 0.171. The normalized spacial score (nSPS) is 12.3. The molecule has 11 aromatic carbocycles. The van der Waals surface area contributed by atoms with Gasteiger partial charge in [-0.25, -0.2) is 0 Å². The Morgan fingerprint density at radius 1 is 0.255 bits per heavy atom. The van der Waals surface area contributed by atoms with Gasteiger partial charge in [-0.3, -0.25) is 0 Å². The molecule has 0 aliphatic rings. The highest BCUT2D eigenvalue weighted by Crippen LogP contribution is 2.48. The molecule has 0 saturated heterocycles. The van der Waals surface area contributed by atoms with Gasteiger partial charge < -0.3 is 4.42 Å². The first-order valence-corrected chi connectivity index (χ1v) is 17.7. The lowest BCUT2D eigenvalue weighted by atomic mass is 9.86. The Morgan fingerprint density at radius 2 is 0.804 bits per heavy atom. The van der Waals surface area contributed by atoms with E-state index < -0.39 is 0 Å². The van der Waals surface area contributed by atoms with Crippen LogP contribution in [0.3, 0.4) is 0 Å². The summed E-state index contributed by atoms with van der Waals surface area (Å²) in [5.41, 5.74) is 6.54. The van der Waals surface area contributed by atoms with Crippen molar-refractivity contribution < 1.29 is 4.42 Å². The van der Waals surface area contributed by atoms with E-state index >= 15 is 0 Å². The number of hydrogen-bond acceptors (Lipinski definition) is 1. The highest BCUT2D eigenvalue weighted by atomic mass is 16.3. The standard InChI is InChI=1S/C50H28O/c1-2-10-34-28-45-44(26-33(34)9-1)49-41(43-27-35-11-4-6-15-37(35)48-36-14-5-3-8-29(36)18-22-40(43)48)24-25-42(50(49)51-45)38-21-19-32-17-16-30-12-7-13-31-20-23-39(38)47(32)46(30)31/h1-28H. The van der Waals surface area contributed by atoms with Crippen LogP contribution in [0.15, 0.2) is 174 Å². The van der Waals surface area contributed by atoms with Crippen LogP contribution in [0, 0.1) is 0 Å². The molecule has 12 rings (SSSR count). The first kappa shape index (κ1) is 27.2. The van der Waals surface area contributed by atoms with Gasteiger partial charge in [0, 0.05) is 16.3 Å². The van der Waals surface area contributed by atoms with Crippen LogP contribution in [-0.2, 0) is 0 Å². The van der Waals surface area contributed by atoms with Crippen molar-refractivity contribution in [1.82, 2.24) is 0 Å². The van der Waals surface area contributed by atoms with Crippen LogP contribution in [0.4, 0.5) is 0 Å². The topological polar surface area (TPSA) is 13.1 Å². The first-order chi connectivity index (χ1) is 25.3. The second kappa shape index (κ2) is 9.94. The highest BCUT2D eigenvalue weighted by molar-refractivity contribution is 6.29. The van der Waals surface area contributed by atoms with Crippen LogP contribution in [0.25, 0.3) is 120 Å². The largest absolute Gasteiger partial charge is 0.455 e. The summed E-state index contributed by atoms with van der Waals surface area (Å²) in [6.07, 6.45) is 0. The minimum atomic E-state index is 0.908. The van der Waals surface area contributed by atoms with Crippen LogP contribution in [0.1, 0.15) is 0 Å². The van der Waals surface area contributed by atoms with Crippen molar-refractivity contribution in [2.75, 3.05) is 0 Å². The summed E-state index contributed by atoms with van der Waals surface area (Å²) >= 11 is 0. The highest BCUT2D eigenvalue weighted by Gasteiger charge is 2.22. The van der Waals surface area contributed by atoms with E-state index in [1.54, 1.807) is 0 Å². The van der Waals surface area contributed by atoms with Gasteiger partial charge in [0.1, 0.15) is 11.2 Å². The molecule has 0 aliphatic heterocycles. The zero-order valence-electron chi connectivity index (χ0n) is 27.6. The average Bonchev–Trinajstić information content (AvgIpc) is 3.56. The maximum absolute atomic E-state index is 7.07. The lowest BCUT2D eigenvalue weighted by molar-refractivity contribution is 0.670. The van der Waals surface area contributed by atoms with E-state index in [0.29, 0.717) is 0 Å². The van der Waals surface area contributed by atoms with Crippen LogP contribution in [0.5, 0.6) is 0 Å². The Bertz CT molecular complexity index is 3380. The van der Waals surface area contributed by atoms with Crippen molar-refractivity contribution in [3.63, 3.8) is 0 Å². The van der Waals surface area contributed by atoms with Gasteiger partial charge in [0.15, 0.2) is 0 Å². The smallest absolute Gasteiger partial charge is 0.143 e.